The Hall–Kier alpha value is -0.600. The monoisotopic (exact) mass is 342 g/mol. The first-order chi connectivity index (χ1) is 7.60. The van der Waals surface area contributed by atoms with Crippen molar-refractivity contribution in [1.82, 2.24) is 0 Å². The predicted molar refractivity (Wildman–Crippen MR) is 78.5 cm³/mol. The van der Waals surface area contributed by atoms with E-state index in [9.17, 15) is 4.57 Å². The third kappa shape index (κ3) is 2.38. The summed E-state index contributed by atoms with van der Waals surface area (Å²) in [4.78, 5) is -2.45. The third-order valence-electron chi connectivity index (χ3n) is 2.45. The molecule has 2 aromatic carbocycles. The van der Waals surface area contributed by atoms with E-state index in [1.807, 2.05) is 61.5 Å². The summed E-state index contributed by atoms with van der Waals surface area (Å²) in [6.07, 6.45) is 0. The second kappa shape index (κ2) is 4.72. The molecule has 16 heavy (non-hydrogen) atoms. The zero-order valence-corrected chi connectivity index (χ0v) is 12.0. The standard InChI is InChI=1S/C13H12IOP/c1-11-7-9-13(10-8-11)16(14,15)12-5-3-2-4-6-12/h2-10H,1H3. The van der Waals surface area contributed by atoms with E-state index in [4.69, 9.17) is 0 Å². The van der Waals surface area contributed by atoms with Gasteiger partial charge in [-0.3, -0.25) is 0 Å². The molecule has 0 amide bonds. The molecule has 0 bridgehead atoms. The van der Waals surface area contributed by atoms with Crippen LogP contribution in [0.2, 0.25) is 0 Å². The number of hydrogen-bond acceptors (Lipinski definition) is 1. The van der Waals surface area contributed by atoms with E-state index >= 15 is 0 Å². The van der Waals surface area contributed by atoms with Gasteiger partial charge in [0.05, 0.1) is 0 Å². The van der Waals surface area contributed by atoms with Crippen LogP contribution in [0.5, 0.6) is 0 Å². The number of benzene rings is 2. The van der Waals surface area contributed by atoms with E-state index in [-0.39, 0.29) is 0 Å². The smallest absolute Gasteiger partial charge is 0.198 e. The average Bonchev–Trinajstić information content (AvgIpc) is 2.31. The van der Waals surface area contributed by atoms with Gasteiger partial charge < -0.3 is 4.57 Å². The van der Waals surface area contributed by atoms with Gasteiger partial charge in [0.25, 0.3) is 0 Å². The number of aryl methyl sites for hydroxylation is 1. The number of halogens is 1. The minimum absolute atomic E-state index is 0.902. The van der Waals surface area contributed by atoms with Crippen LogP contribution < -0.4 is 10.6 Å². The molecular weight excluding hydrogens is 330 g/mol. The first-order valence-corrected chi connectivity index (χ1v) is 9.52. The van der Waals surface area contributed by atoms with E-state index in [0.29, 0.717) is 0 Å². The highest BCUT2D eigenvalue weighted by Gasteiger charge is 2.22. The Morgan fingerprint density at radius 2 is 1.38 bits per heavy atom. The van der Waals surface area contributed by atoms with Crippen LogP contribution in [0.4, 0.5) is 0 Å². The van der Waals surface area contributed by atoms with Crippen LogP contribution in [0.15, 0.2) is 54.6 Å². The van der Waals surface area contributed by atoms with Gasteiger partial charge >= 0.3 is 0 Å². The summed E-state index contributed by atoms with van der Waals surface area (Å²) in [7, 11) is 0. The van der Waals surface area contributed by atoms with Crippen LogP contribution in [0.25, 0.3) is 0 Å². The van der Waals surface area contributed by atoms with Crippen LogP contribution in [0.1, 0.15) is 5.56 Å². The highest BCUT2D eigenvalue weighted by molar-refractivity contribution is 14.2. The fourth-order valence-corrected chi connectivity index (χ4v) is 4.82. The van der Waals surface area contributed by atoms with E-state index in [1.54, 1.807) is 0 Å². The summed E-state index contributed by atoms with van der Waals surface area (Å²) in [5.41, 5.74) is 1.19. The Morgan fingerprint density at radius 1 is 0.875 bits per heavy atom. The Balaban J connectivity index is 2.47. The van der Waals surface area contributed by atoms with Gasteiger partial charge in [0.1, 0.15) is 0 Å². The van der Waals surface area contributed by atoms with Crippen LogP contribution >= 0.6 is 26.8 Å². The maximum absolute atomic E-state index is 12.7. The zero-order valence-electron chi connectivity index (χ0n) is 8.93. The number of rotatable bonds is 2. The van der Waals surface area contributed by atoms with Crippen molar-refractivity contribution < 1.29 is 4.57 Å². The summed E-state index contributed by atoms with van der Waals surface area (Å²) in [6, 6.07) is 17.6. The summed E-state index contributed by atoms with van der Waals surface area (Å²) >= 11 is 2.07. The van der Waals surface area contributed by atoms with Crippen molar-refractivity contribution in [2.24, 2.45) is 0 Å². The highest BCUT2D eigenvalue weighted by atomic mass is 127. The molecule has 0 aromatic heterocycles. The molecule has 0 saturated carbocycles. The molecule has 1 nitrogen and oxygen atoms in total. The lowest BCUT2D eigenvalue weighted by molar-refractivity contribution is 0.597. The molecular formula is C13H12IOP. The first kappa shape index (κ1) is 11.9. The molecule has 1 unspecified atom stereocenters. The zero-order chi connectivity index (χ0) is 11.6. The van der Waals surface area contributed by atoms with Gasteiger partial charge in [-0.2, -0.15) is 0 Å². The summed E-state index contributed by atoms with van der Waals surface area (Å²) in [5.74, 6) is 0. The van der Waals surface area contributed by atoms with Gasteiger partial charge in [-0.05, 0) is 6.92 Å². The molecule has 2 aromatic rings. The average molecular weight is 342 g/mol. The molecule has 1 atom stereocenters. The lowest BCUT2D eigenvalue weighted by Crippen LogP contribution is -2.11. The van der Waals surface area contributed by atoms with Crippen molar-refractivity contribution in [2.75, 3.05) is 0 Å². The quantitative estimate of drug-likeness (QED) is 0.601. The molecule has 3 heteroatoms. The molecule has 0 N–H and O–H groups in total. The first-order valence-electron chi connectivity index (χ1n) is 5.03. The maximum atomic E-state index is 12.7. The Morgan fingerprint density at radius 3 is 1.94 bits per heavy atom. The number of hydrogen-bond donors (Lipinski definition) is 0. The molecule has 0 aliphatic heterocycles. The molecule has 2 rings (SSSR count). The van der Waals surface area contributed by atoms with E-state index in [1.165, 1.54) is 5.56 Å². The van der Waals surface area contributed by atoms with Crippen LogP contribution in [0.3, 0.4) is 0 Å². The third-order valence-corrected chi connectivity index (χ3v) is 7.72. The summed E-state index contributed by atoms with van der Waals surface area (Å²) in [5, 5.41) is 1.81. The second-order valence-corrected chi connectivity index (χ2v) is 9.88. The fourth-order valence-electron chi connectivity index (χ4n) is 1.51. The molecule has 82 valence electrons. The molecule has 0 saturated heterocycles. The van der Waals surface area contributed by atoms with Crippen molar-refractivity contribution in [1.29, 1.82) is 0 Å². The van der Waals surface area contributed by atoms with Gasteiger partial charge in [0, 0.05) is 32.7 Å². The Kier molecular flexibility index (Phi) is 3.50. The summed E-state index contributed by atoms with van der Waals surface area (Å²) in [6.45, 7) is 2.03. The molecule has 0 aliphatic carbocycles. The van der Waals surface area contributed by atoms with Crippen molar-refractivity contribution in [3.05, 3.63) is 60.2 Å². The van der Waals surface area contributed by atoms with Gasteiger partial charge in [0.15, 0.2) is 4.78 Å². The van der Waals surface area contributed by atoms with Crippen LogP contribution in [-0.4, -0.2) is 0 Å². The lowest BCUT2D eigenvalue weighted by atomic mass is 10.2. The maximum Gasteiger partial charge on any atom is 0.198 e. The molecule has 0 aliphatic rings. The second-order valence-electron chi connectivity index (χ2n) is 3.70. The van der Waals surface area contributed by atoms with E-state index < -0.39 is 4.78 Å². The molecule has 0 spiro atoms. The van der Waals surface area contributed by atoms with Crippen molar-refractivity contribution >= 4 is 37.4 Å². The molecule has 0 heterocycles. The fraction of sp³-hybridized carbons (Fsp3) is 0.0769. The van der Waals surface area contributed by atoms with Crippen molar-refractivity contribution in [2.45, 2.75) is 6.92 Å². The van der Waals surface area contributed by atoms with Crippen LogP contribution in [-0.2, 0) is 4.57 Å². The van der Waals surface area contributed by atoms with E-state index in [2.05, 4.69) is 22.0 Å². The topological polar surface area (TPSA) is 17.1 Å². The lowest BCUT2D eigenvalue weighted by Gasteiger charge is -2.11. The van der Waals surface area contributed by atoms with Gasteiger partial charge in [-0.15, -0.1) is 0 Å². The summed E-state index contributed by atoms with van der Waals surface area (Å²) < 4.78 is 12.7. The van der Waals surface area contributed by atoms with Crippen molar-refractivity contribution in [3.63, 3.8) is 0 Å². The minimum Gasteiger partial charge on any atom is -0.303 e. The van der Waals surface area contributed by atoms with Gasteiger partial charge in [-0.25, -0.2) is 0 Å². The minimum atomic E-state index is -2.45. The Labute approximate surface area is 109 Å². The largest absolute Gasteiger partial charge is 0.303 e. The Bertz CT molecular complexity index is 519. The molecule has 0 radical (unpaired) electrons. The van der Waals surface area contributed by atoms with Crippen molar-refractivity contribution in [3.8, 4) is 0 Å². The van der Waals surface area contributed by atoms with E-state index in [0.717, 1.165) is 10.6 Å². The van der Waals surface area contributed by atoms with Gasteiger partial charge in [-0.1, -0.05) is 60.2 Å². The highest BCUT2D eigenvalue weighted by Crippen LogP contribution is 2.51. The SMILES string of the molecule is Cc1ccc(P(=O)(I)c2ccccc2)cc1. The normalized spacial score (nSPS) is 14.4. The predicted octanol–water partition coefficient (Wildman–Crippen LogP) is 3.66. The van der Waals surface area contributed by atoms with Crippen LogP contribution in [0, 0.1) is 6.92 Å². The van der Waals surface area contributed by atoms with Gasteiger partial charge in [0.2, 0.25) is 0 Å². The molecule has 0 fully saturated rings.